The summed E-state index contributed by atoms with van der Waals surface area (Å²) in [5.41, 5.74) is 6.08. The molecule has 6 nitrogen and oxygen atoms in total. The van der Waals surface area contributed by atoms with Crippen molar-refractivity contribution in [1.82, 2.24) is 0 Å². The van der Waals surface area contributed by atoms with Gasteiger partial charge in [-0.05, 0) is 25.1 Å². The lowest BCUT2D eigenvalue weighted by atomic mass is 10.3. The smallest absolute Gasteiger partial charge is 0.323 e. The molecule has 2 amide bonds. The number of esters is 1. The molecule has 0 saturated carbocycles. The average Bonchev–Trinajstić information content (AvgIpc) is 2.82. The zero-order valence-corrected chi connectivity index (χ0v) is 15.2. The number of carbonyl (C=O) groups is 3. The molecule has 1 saturated heterocycles. The number of hydrogen-bond donors (Lipinski definition) is 1. The normalized spacial score (nSPS) is 18.8. The Hall–Kier alpha value is -1.28. The van der Waals surface area contributed by atoms with Crippen LogP contribution >= 0.6 is 35.0 Å². The van der Waals surface area contributed by atoms with Gasteiger partial charge in [0.25, 0.3) is 0 Å². The van der Waals surface area contributed by atoms with Gasteiger partial charge in [0, 0.05) is 12.2 Å². The summed E-state index contributed by atoms with van der Waals surface area (Å²) >= 11 is 13.0. The number of carbonyl (C=O) groups excluding carboxylic acids is 3. The van der Waals surface area contributed by atoms with E-state index in [0.29, 0.717) is 10.7 Å². The first kappa shape index (κ1) is 19.1. The molecule has 0 radical (unpaired) electrons. The number of amides is 2. The summed E-state index contributed by atoms with van der Waals surface area (Å²) in [5.74, 6) is -1.03. The Kier molecular flexibility index (Phi) is 6.51. The summed E-state index contributed by atoms with van der Waals surface area (Å²) in [7, 11) is 0. The Morgan fingerprint density at radius 3 is 2.75 bits per heavy atom. The molecule has 2 unspecified atom stereocenters. The van der Waals surface area contributed by atoms with Crippen LogP contribution in [0.15, 0.2) is 18.2 Å². The number of rotatable bonds is 6. The van der Waals surface area contributed by atoms with Gasteiger partial charge in [0.15, 0.2) is 0 Å². The molecule has 2 atom stereocenters. The fourth-order valence-corrected chi connectivity index (χ4v) is 3.54. The number of anilines is 1. The van der Waals surface area contributed by atoms with Crippen LogP contribution in [0.2, 0.25) is 10.0 Å². The van der Waals surface area contributed by atoms with Crippen molar-refractivity contribution >= 4 is 58.4 Å². The molecular weight excluding hydrogens is 375 g/mol. The molecule has 1 aromatic rings. The number of halogens is 2. The molecule has 2 rings (SSSR count). The van der Waals surface area contributed by atoms with Crippen LogP contribution in [0.3, 0.4) is 0 Å². The lowest BCUT2D eigenvalue weighted by Gasteiger charge is -2.16. The summed E-state index contributed by atoms with van der Waals surface area (Å²) < 4.78 is 4.81. The number of ether oxygens (including phenoxy) is 1. The zero-order chi connectivity index (χ0) is 17.9. The molecule has 1 aliphatic rings. The third kappa shape index (κ3) is 4.22. The first-order valence-corrected chi connectivity index (χ1v) is 9.01. The fourth-order valence-electron chi connectivity index (χ4n) is 2.17. The minimum Gasteiger partial charge on any atom is -0.465 e. The van der Waals surface area contributed by atoms with Crippen LogP contribution < -0.4 is 10.6 Å². The third-order valence-corrected chi connectivity index (χ3v) is 5.39. The Morgan fingerprint density at radius 2 is 2.12 bits per heavy atom. The second-order valence-electron chi connectivity index (χ2n) is 5.05. The molecule has 1 fully saturated rings. The summed E-state index contributed by atoms with van der Waals surface area (Å²) in [5, 5.41) is 0.00785. The van der Waals surface area contributed by atoms with Crippen LogP contribution in [0.1, 0.15) is 13.3 Å². The largest absolute Gasteiger partial charge is 0.465 e. The van der Waals surface area contributed by atoms with Gasteiger partial charge < -0.3 is 10.5 Å². The van der Waals surface area contributed by atoms with Crippen LogP contribution in [0.25, 0.3) is 0 Å². The van der Waals surface area contributed by atoms with E-state index in [9.17, 15) is 14.4 Å². The van der Waals surface area contributed by atoms with E-state index in [1.54, 1.807) is 13.0 Å². The zero-order valence-electron chi connectivity index (χ0n) is 12.8. The summed E-state index contributed by atoms with van der Waals surface area (Å²) in [6.07, 6.45) is 0.0410. The van der Waals surface area contributed by atoms with E-state index < -0.39 is 17.3 Å². The lowest BCUT2D eigenvalue weighted by Crippen LogP contribution is -2.36. The van der Waals surface area contributed by atoms with Crippen LogP contribution in [-0.2, 0) is 19.1 Å². The number of benzene rings is 1. The minimum atomic E-state index is -0.836. The van der Waals surface area contributed by atoms with Gasteiger partial charge in [-0.25, -0.2) is 4.90 Å². The Morgan fingerprint density at radius 1 is 1.42 bits per heavy atom. The number of nitrogens with zero attached hydrogens (tertiary/aromatic N) is 1. The maximum absolute atomic E-state index is 12.5. The van der Waals surface area contributed by atoms with Crippen molar-refractivity contribution in [3.63, 3.8) is 0 Å². The number of thioether (sulfide) groups is 1. The minimum absolute atomic E-state index is 0.0410. The standard InChI is InChI=1S/C15H16Cl2N2O4S/c1-2-23-15(22)11(18)7-24-12-6-13(20)19(14(12)21)8-3-4-9(16)10(17)5-8/h3-5,11-12H,2,6-7,18H2,1H3. The van der Waals surface area contributed by atoms with Gasteiger partial charge in [0.2, 0.25) is 11.8 Å². The second-order valence-corrected chi connectivity index (χ2v) is 7.10. The molecule has 1 aliphatic heterocycles. The molecule has 0 aliphatic carbocycles. The van der Waals surface area contributed by atoms with E-state index in [1.165, 1.54) is 23.9 Å². The molecule has 0 bridgehead atoms. The molecule has 0 aromatic heterocycles. The second kappa shape index (κ2) is 8.20. The number of nitrogens with two attached hydrogens (primary N) is 1. The van der Waals surface area contributed by atoms with Crippen molar-refractivity contribution in [2.45, 2.75) is 24.6 Å². The molecule has 9 heteroatoms. The highest BCUT2D eigenvalue weighted by Crippen LogP contribution is 2.33. The maximum Gasteiger partial charge on any atom is 0.323 e. The van der Waals surface area contributed by atoms with Gasteiger partial charge in [0.1, 0.15) is 6.04 Å². The molecule has 2 N–H and O–H groups in total. The quantitative estimate of drug-likeness (QED) is 0.591. The van der Waals surface area contributed by atoms with Crippen LogP contribution in [-0.4, -0.2) is 41.4 Å². The lowest BCUT2D eigenvalue weighted by molar-refractivity contribution is -0.144. The number of hydrogen-bond acceptors (Lipinski definition) is 6. The molecule has 1 aromatic carbocycles. The van der Waals surface area contributed by atoms with Crippen molar-refractivity contribution < 1.29 is 19.1 Å². The van der Waals surface area contributed by atoms with E-state index in [0.717, 1.165) is 4.90 Å². The Labute approximate surface area is 153 Å². The van der Waals surface area contributed by atoms with E-state index >= 15 is 0 Å². The molecule has 130 valence electrons. The summed E-state index contributed by atoms with van der Waals surface area (Å²) in [4.78, 5) is 37.2. The highest BCUT2D eigenvalue weighted by Gasteiger charge is 2.40. The first-order valence-electron chi connectivity index (χ1n) is 7.20. The van der Waals surface area contributed by atoms with Gasteiger partial charge in [-0.1, -0.05) is 23.2 Å². The summed E-state index contributed by atoms with van der Waals surface area (Å²) in [6, 6.07) is 3.71. The fraction of sp³-hybridized carbons (Fsp3) is 0.400. The average molecular weight is 391 g/mol. The van der Waals surface area contributed by atoms with Crippen LogP contribution in [0, 0.1) is 0 Å². The van der Waals surface area contributed by atoms with Gasteiger partial charge in [-0.3, -0.25) is 14.4 Å². The first-order chi connectivity index (χ1) is 11.3. The van der Waals surface area contributed by atoms with Gasteiger partial charge in [0.05, 0.1) is 27.6 Å². The van der Waals surface area contributed by atoms with Crippen molar-refractivity contribution in [3.05, 3.63) is 28.2 Å². The van der Waals surface area contributed by atoms with Gasteiger partial charge in [-0.15, -0.1) is 11.8 Å². The Bertz CT molecular complexity index is 671. The SMILES string of the molecule is CCOC(=O)C(N)CSC1CC(=O)N(c2ccc(Cl)c(Cl)c2)C1=O. The highest BCUT2D eigenvalue weighted by molar-refractivity contribution is 8.00. The van der Waals surface area contributed by atoms with E-state index in [-0.39, 0.29) is 35.6 Å². The van der Waals surface area contributed by atoms with Crippen LogP contribution in [0.5, 0.6) is 0 Å². The maximum atomic E-state index is 12.5. The third-order valence-electron chi connectivity index (χ3n) is 3.33. The van der Waals surface area contributed by atoms with Crippen molar-refractivity contribution in [1.29, 1.82) is 0 Å². The van der Waals surface area contributed by atoms with E-state index in [1.807, 2.05) is 0 Å². The van der Waals surface area contributed by atoms with Crippen LogP contribution in [0.4, 0.5) is 5.69 Å². The van der Waals surface area contributed by atoms with Gasteiger partial charge >= 0.3 is 5.97 Å². The predicted octanol–water partition coefficient (Wildman–Crippen LogP) is 2.25. The van der Waals surface area contributed by atoms with Crippen molar-refractivity contribution in [3.8, 4) is 0 Å². The molecular formula is C15H16Cl2N2O4S. The van der Waals surface area contributed by atoms with Crippen molar-refractivity contribution in [2.75, 3.05) is 17.3 Å². The molecule has 1 heterocycles. The van der Waals surface area contributed by atoms with Gasteiger partial charge in [-0.2, -0.15) is 0 Å². The summed E-state index contributed by atoms with van der Waals surface area (Å²) in [6.45, 7) is 1.93. The van der Waals surface area contributed by atoms with E-state index in [4.69, 9.17) is 33.7 Å². The molecule has 24 heavy (non-hydrogen) atoms. The monoisotopic (exact) mass is 390 g/mol. The molecule has 0 spiro atoms. The van der Waals surface area contributed by atoms with Crippen molar-refractivity contribution in [2.24, 2.45) is 5.73 Å². The highest BCUT2D eigenvalue weighted by atomic mass is 35.5. The number of imide groups is 1. The topological polar surface area (TPSA) is 89.7 Å². The Balaban J connectivity index is 2.03. The predicted molar refractivity (Wildman–Crippen MR) is 94.4 cm³/mol. The van der Waals surface area contributed by atoms with E-state index in [2.05, 4.69) is 0 Å².